The van der Waals surface area contributed by atoms with Crippen molar-refractivity contribution in [1.82, 2.24) is 0 Å². The summed E-state index contributed by atoms with van der Waals surface area (Å²) in [6, 6.07) is 0. The standard InChI is InChI=1S/C11H16OS/c1-8-10(7-11(12)13-8)9-5-3-2-4-6-9/h2-5,8-12H,6-7H2,1H3/t8?,9-,10?,11?/m0/s1. The molecule has 0 bridgehead atoms. The van der Waals surface area contributed by atoms with E-state index in [-0.39, 0.29) is 5.44 Å². The molecule has 4 atom stereocenters. The highest BCUT2D eigenvalue weighted by atomic mass is 32.2. The van der Waals surface area contributed by atoms with Gasteiger partial charge in [0, 0.05) is 5.25 Å². The number of rotatable bonds is 1. The van der Waals surface area contributed by atoms with Crippen LogP contribution >= 0.6 is 11.8 Å². The summed E-state index contributed by atoms with van der Waals surface area (Å²) in [5.41, 5.74) is -0.126. The molecule has 72 valence electrons. The minimum absolute atomic E-state index is 0.126. The van der Waals surface area contributed by atoms with E-state index in [1.165, 1.54) is 0 Å². The van der Waals surface area contributed by atoms with Crippen LogP contribution in [-0.4, -0.2) is 15.8 Å². The number of thioether (sulfide) groups is 1. The molecule has 1 N–H and O–H groups in total. The van der Waals surface area contributed by atoms with Gasteiger partial charge in [0.25, 0.3) is 0 Å². The van der Waals surface area contributed by atoms with E-state index < -0.39 is 0 Å². The zero-order valence-corrected chi connectivity index (χ0v) is 8.70. The van der Waals surface area contributed by atoms with Crippen LogP contribution in [0.3, 0.4) is 0 Å². The van der Waals surface area contributed by atoms with Gasteiger partial charge < -0.3 is 5.11 Å². The number of hydrogen-bond acceptors (Lipinski definition) is 2. The number of hydrogen-bond donors (Lipinski definition) is 1. The average molecular weight is 196 g/mol. The molecule has 2 rings (SSSR count). The Labute approximate surface area is 83.9 Å². The molecule has 1 nitrogen and oxygen atoms in total. The molecule has 0 aromatic heterocycles. The molecule has 2 aliphatic rings. The molecular formula is C11H16OS. The summed E-state index contributed by atoms with van der Waals surface area (Å²) < 4.78 is 0. The van der Waals surface area contributed by atoms with Crippen molar-refractivity contribution in [2.45, 2.75) is 30.5 Å². The van der Waals surface area contributed by atoms with Crippen molar-refractivity contribution >= 4 is 11.8 Å². The molecule has 1 aliphatic heterocycles. The van der Waals surface area contributed by atoms with Crippen molar-refractivity contribution < 1.29 is 5.11 Å². The molecule has 1 saturated heterocycles. The first kappa shape index (κ1) is 9.35. The van der Waals surface area contributed by atoms with Crippen molar-refractivity contribution in [1.29, 1.82) is 0 Å². The molecule has 0 amide bonds. The number of aliphatic hydroxyl groups is 1. The Bertz CT molecular complexity index is 234. The van der Waals surface area contributed by atoms with Crippen LogP contribution in [0.5, 0.6) is 0 Å². The van der Waals surface area contributed by atoms with Crippen LogP contribution in [0.15, 0.2) is 24.3 Å². The zero-order chi connectivity index (χ0) is 9.26. The van der Waals surface area contributed by atoms with Gasteiger partial charge in [0.2, 0.25) is 0 Å². The maximum atomic E-state index is 9.52. The van der Waals surface area contributed by atoms with Gasteiger partial charge in [0.1, 0.15) is 0 Å². The molecule has 13 heavy (non-hydrogen) atoms. The van der Waals surface area contributed by atoms with Crippen LogP contribution in [0.2, 0.25) is 0 Å². The second-order valence-corrected chi connectivity index (χ2v) is 5.47. The third kappa shape index (κ3) is 2.00. The van der Waals surface area contributed by atoms with Gasteiger partial charge in [-0.3, -0.25) is 0 Å². The number of allylic oxidation sites excluding steroid dienone is 4. The minimum atomic E-state index is -0.126. The Morgan fingerprint density at radius 2 is 2.23 bits per heavy atom. The Balaban J connectivity index is 2.00. The fraction of sp³-hybridized carbons (Fsp3) is 0.636. The highest BCUT2D eigenvalue weighted by Gasteiger charge is 2.34. The molecular weight excluding hydrogens is 180 g/mol. The second-order valence-electron chi connectivity index (χ2n) is 3.91. The fourth-order valence-electron chi connectivity index (χ4n) is 2.27. The van der Waals surface area contributed by atoms with E-state index in [4.69, 9.17) is 0 Å². The maximum Gasteiger partial charge on any atom is 0.0998 e. The van der Waals surface area contributed by atoms with Crippen LogP contribution < -0.4 is 0 Å². The van der Waals surface area contributed by atoms with Crippen molar-refractivity contribution in [3.8, 4) is 0 Å². The fourth-order valence-corrected chi connectivity index (χ4v) is 3.61. The van der Waals surface area contributed by atoms with E-state index in [1.54, 1.807) is 11.8 Å². The lowest BCUT2D eigenvalue weighted by molar-refractivity contribution is 0.224. The summed E-state index contributed by atoms with van der Waals surface area (Å²) in [6.07, 6.45) is 10.9. The highest BCUT2D eigenvalue weighted by Crippen LogP contribution is 2.42. The third-order valence-corrected chi connectivity index (χ3v) is 4.30. The van der Waals surface area contributed by atoms with Crippen molar-refractivity contribution in [2.75, 3.05) is 0 Å². The molecule has 0 saturated carbocycles. The Hall–Kier alpha value is -0.210. The van der Waals surface area contributed by atoms with Crippen molar-refractivity contribution in [2.24, 2.45) is 11.8 Å². The van der Waals surface area contributed by atoms with Gasteiger partial charge in [0.05, 0.1) is 5.44 Å². The van der Waals surface area contributed by atoms with Gasteiger partial charge in [-0.2, -0.15) is 0 Å². The quantitative estimate of drug-likeness (QED) is 0.695. The van der Waals surface area contributed by atoms with E-state index in [0.717, 1.165) is 12.8 Å². The van der Waals surface area contributed by atoms with Gasteiger partial charge in [-0.15, -0.1) is 11.8 Å². The van der Waals surface area contributed by atoms with Gasteiger partial charge in [-0.1, -0.05) is 31.2 Å². The monoisotopic (exact) mass is 196 g/mol. The SMILES string of the molecule is CC1SC(O)CC1[C@H]1C=CC=CC1. The van der Waals surface area contributed by atoms with Crippen LogP contribution in [0.1, 0.15) is 19.8 Å². The molecule has 1 heterocycles. The molecule has 1 fully saturated rings. The molecule has 0 aromatic carbocycles. The molecule has 0 aromatic rings. The summed E-state index contributed by atoms with van der Waals surface area (Å²) in [7, 11) is 0. The van der Waals surface area contributed by atoms with E-state index in [1.807, 2.05) is 0 Å². The predicted octanol–water partition coefficient (Wildman–Crippen LogP) is 2.58. The van der Waals surface area contributed by atoms with Crippen molar-refractivity contribution in [3.63, 3.8) is 0 Å². The molecule has 2 heteroatoms. The summed E-state index contributed by atoms with van der Waals surface area (Å²) in [4.78, 5) is 0. The van der Waals surface area contributed by atoms with Gasteiger partial charge in [0.15, 0.2) is 0 Å². The lowest BCUT2D eigenvalue weighted by Gasteiger charge is -2.23. The predicted molar refractivity (Wildman–Crippen MR) is 57.6 cm³/mol. The zero-order valence-electron chi connectivity index (χ0n) is 7.89. The van der Waals surface area contributed by atoms with E-state index in [2.05, 4.69) is 31.2 Å². The number of aliphatic hydroxyl groups excluding tert-OH is 1. The lowest BCUT2D eigenvalue weighted by Crippen LogP contribution is -2.18. The normalized spacial score (nSPS) is 44.2. The Kier molecular flexibility index (Phi) is 2.80. The average Bonchev–Trinajstić information content (AvgIpc) is 2.47. The Morgan fingerprint density at radius 3 is 2.77 bits per heavy atom. The largest absolute Gasteiger partial charge is 0.382 e. The summed E-state index contributed by atoms with van der Waals surface area (Å²) in [6.45, 7) is 2.23. The molecule has 0 spiro atoms. The highest BCUT2D eigenvalue weighted by molar-refractivity contribution is 8.00. The summed E-state index contributed by atoms with van der Waals surface area (Å²) >= 11 is 1.72. The summed E-state index contributed by atoms with van der Waals surface area (Å²) in [5.74, 6) is 1.32. The molecule has 0 radical (unpaired) electrons. The smallest absolute Gasteiger partial charge is 0.0998 e. The third-order valence-electron chi connectivity index (χ3n) is 3.01. The van der Waals surface area contributed by atoms with Gasteiger partial charge >= 0.3 is 0 Å². The van der Waals surface area contributed by atoms with Crippen LogP contribution in [0, 0.1) is 11.8 Å². The Morgan fingerprint density at radius 1 is 1.38 bits per heavy atom. The molecule has 1 aliphatic carbocycles. The van der Waals surface area contributed by atoms with Crippen LogP contribution in [-0.2, 0) is 0 Å². The first-order valence-electron chi connectivity index (χ1n) is 4.94. The van der Waals surface area contributed by atoms with Crippen LogP contribution in [0.25, 0.3) is 0 Å². The maximum absolute atomic E-state index is 9.52. The summed E-state index contributed by atoms with van der Waals surface area (Å²) in [5, 5.41) is 10.1. The molecule has 3 unspecified atom stereocenters. The first-order chi connectivity index (χ1) is 6.27. The van der Waals surface area contributed by atoms with E-state index in [0.29, 0.717) is 17.1 Å². The van der Waals surface area contributed by atoms with Gasteiger partial charge in [-0.05, 0) is 24.7 Å². The van der Waals surface area contributed by atoms with E-state index >= 15 is 0 Å². The lowest BCUT2D eigenvalue weighted by atomic mass is 9.83. The van der Waals surface area contributed by atoms with Gasteiger partial charge in [-0.25, -0.2) is 0 Å². The minimum Gasteiger partial charge on any atom is -0.382 e. The van der Waals surface area contributed by atoms with Crippen LogP contribution in [0.4, 0.5) is 0 Å². The second kappa shape index (κ2) is 3.89. The topological polar surface area (TPSA) is 20.2 Å². The first-order valence-corrected chi connectivity index (χ1v) is 5.88. The van der Waals surface area contributed by atoms with E-state index in [9.17, 15) is 5.11 Å². The van der Waals surface area contributed by atoms with Crippen molar-refractivity contribution in [3.05, 3.63) is 24.3 Å².